The fraction of sp³-hybridized carbons (Fsp3) is 0.217. The fourth-order valence-electron chi connectivity index (χ4n) is 3.51. The number of ether oxygens (including phenoxy) is 1. The molecule has 0 saturated carbocycles. The first-order valence-electron chi connectivity index (χ1n) is 9.85. The average molecular weight is 387 g/mol. The van der Waals surface area contributed by atoms with Gasteiger partial charge in [-0.05, 0) is 68.4 Å². The molecule has 1 aromatic heterocycles. The van der Waals surface area contributed by atoms with Crippen molar-refractivity contribution in [1.82, 2.24) is 10.3 Å². The van der Waals surface area contributed by atoms with Gasteiger partial charge in [0.1, 0.15) is 17.3 Å². The molecular weight excluding hydrogens is 362 g/mol. The predicted molar refractivity (Wildman–Crippen MR) is 117 cm³/mol. The van der Waals surface area contributed by atoms with Gasteiger partial charge >= 0.3 is 0 Å². The number of rotatable bonds is 6. The van der Waals surface area contributed by atoms with Gasteiger partial charge in [-0.25, -0.2) is 4.98 Å². The van der Waals surface area contributed by atoms with Gasteiger partial charge in [-0.2, -0.15) is 0 Å². The topological polar surface area (TPSA) is 96.0 Å². The van der Waals surface area contributed by atoms with Gasteiger partial charge < -0.3 is 21.1 Å². The van der Waals surface area contributed by atoms with E-state index in [-0.39, 0.29) is 0 Å². The summed E-state index contributed by atoms with van der Waals surface area (Å²) in [7, 11) is 0. The van der Waals surface area contributed by atoms with E-state index in [0.717, 1.165) is 48.7 Å². The van der Waals surface area contributed by atoms with E-state index in [9.17, 15) is 0 Å². The third-order valence-electron chi connectivity index (χ3n) is 5.05. The molecule has 0 spiro atoms. The number of hydrogen-bond donors (Lipinski definition) is 4. The lowest BCUT2D eigenvalue weighted by molar-refractivity contribution is 0.479. The molecule has 1 aliphatic rings. The van der Waals surface area contributed by atoms with Gasteiger partial charge in [0.05, 0.1) is 11.3 Å². The highest BCUT2D eigenvalue weighted by atomic mass is 16.5. The van der Waals surface area contributed by atoms with Crippen LogP contribution in [0.5, 0.6) is 11.5 Å². The molecule has 0 atom stereocenters. The van der Waals surface area contributed by atoms with E-state index < -0.39 is 0 Å². The number of anilines is 2. The molecule has 1 saturated heterocycles. The molecule has 4 rings (SSSR count). The fourth-order valence-corrected chi connectivity index (χ4v) is 3.51. The van der Waals surface area contributed by atoms with Crippen LogP contribution in [0.25, 0.3) is 0 Å². The molecule has 6 heteroatoms. The van der Waals surface area contributed by atoms with E-state index in [4.69, 9.17) is 15.9 Å². The lowest BCUT2D eigenvalue weighted by atomic mass is 9.99. The van der Waals surface area contributed by atoms with Crippen molar-refractivity contribution in [1.29, 1.82) is 5.41 Å². The number of nitrogens with two attached hydrogens (primary N) is 1. The summed E-state index contributed by atoms with van der Waals surface area (Å²) >= 11 is 0. The molecule has 1 aliphatic heterocycles. The standard InChI is InChI=1S/C23H25N5O/c24-22(16-6-8-19(9-7-16)29-18-4-2-1-3-5-18)21-20(12-15-27-23(21)25)28-17-10-13-26-14-11-17/h1-9,12,15,17,24,26H,10-11,13-14H2,(H3,25,27,28). The second-order valence-corrected chi connectivity index (χ2v) is 7.10. The summed E-state index contributed by atoms with van der Waals surface area (Å²) in [5.41, 5.74) is 8.78. The lowest BCUT2D eigenvalue weighted by Gasteiger charge is -2.26. The van der Waals surface area contributed by atoms with Crippen LogP contribution in [0.1, 0.15) is 24.0 Å². The zero-order valence-electron chi connectivity index (χ0n) is 16.2. The molecule has 3 aromatic rings. The Labute approximate surface area is 170 Å². The highest BCUT2D eigenvalue weighted by Crippen LogP contribution is 2.27. The Kier molecular flexibility index (Phi) is 5.72. The average Bonchev–Trinajstić information content (AvgIpc) is 2.75. The van der Waals surface area contributed by atoms with Crippen LogP contribution in [0.3, 0.4) is 0 Å². The van der Waals surface area contributed by atoms with Gasteiger partial charge in [-0.15, -0.1) is 0 Å². The van der Waals surface area contributed by atoms with Crippen molar-refractivity contribution in [3.05, 3.63) is 78.0 Å². The molecule has 2 aromatic carbocycles. The Hall–Kier alpha value is -3.38. The number of benzene rings is 2. The number of aromatic nitrogens is 1. The molecule has 0 bridgehead atoms. The Morgan fingerprint density at radius 3 is 2.41 bits per heavy atom. The number of hydrogen-bond acceptors (Lipinski definition) is 6. The van der Waals surface area contributed by atoms with Crippen LogP contribution < -0.4 is 21.1 Å². The van der Waals surface area contributed by atoms with E-state index in [2.05, 4.69) is 15.6 Å². The second-order valence-electron chi connectivity index (χ2n) is 7.10. The molecule has 6 nitrogen and oxygen atoms in total. The van der Waals surface area contributed by atoms with Crippen LogP contribution in [0.2, 0.25) is 0 Å². The first-order chi connectivity index (χ1) is 14.2. The molecule has 0 radical (unpaired) electrons. The van der Waals surface area contributed by atoms with Gasteiger partial charge in [0.15, 0.2) is 0 Å². The largest absolute Gasteiger partial charge is 0.457 e. The minimum atomic E-state index is 0.346. The molecule has 0 unspecified atom stereocenters. The molecule has 0 aliphatic carbocycles. The van der Waals surface area contributed by atoms with Gasteiger partial charge in [-0.1, -0.05) is 18.2 Å². The van der Waals surface area contributed by atoms with Crippen LogP contribution in [-0.4, -0.2) is 29.8 Å². The first-order valence-corrected chi connectivity index (χ1v) is 9.85. The Balaban J connectivity index is 1.54. The van der Waals surface area contributed by atoms with Crippen LogP contribution in [0, 0.1) is 5.41 Å². The summed E-state index contributed by atoms with van der Waals surface area (Å²) < 4.78 is 5.84. The van der Waals surface area contributed by atoms with Gasteiger partial charge in [-0.3, -0.25) is 5.41 Å². The lowest BCUT2D eigenvalue weighted by Crippen LogP contribution is -2.35. The minimum absolute atomic E-state index is 0.346. The Bertz CT molecular complexity index is 966. The van der Waals surface area contributed by atoms with Crippen LogP contribution in [0.15, 0.2) is 66.9 Å². The summed E-state index contributed by atoms with van der Waals surface area (Å²) in [6.07, 6.45) is 3.77. The van der Waals surface area contributed by atoms with E-state index in [1.165, 1.54) is 0 Å². The van der Waals surface area contributed by atoms with Crippen LogP contribution in [0.4, 0.5) is 11.5 Å². The van der Waals surface area contributed by atoms with Crippen molar-refractivity contribution in [3.8, 4) is 11.5 Å². The highest BCUT2D eigenvalue weighted by Gasteiger charge is 2.19. The predicted octanol–water partition coefficient (Wildman–Crippen LogP) is 4.04. The Morgan fingerprint density at radius 1 is 1.00 bits per heavy atom. The quantitative estimate of drug-likeness (QED) is 0.479. The number of pyridine rings is 1. The van der Waals surface area contributed by atoms with Gasteiger partial charge in [0.25, 0.3) is 0 Å². The van der Waals surface area contributed by atoms with E-state index >= 15 is 0 Å². The van der Waals surface area contributed by atoms with E-state index in [0.29, 0.717) is 23.1 Å². The molecule has 29 heavy (non-hydrogen) atoms. The molecule has 2 heterocycles. The molecule has 1 fully saturated rings. The molecule has 0 amide bonds. The number of nitrogens with one attached hydrogen (secondary N) is 3. The summed E-state index contributed by atoms with van der Waals surface area (Å²) in [4.78, 5) is 4.21. The first kappa shape index (κ1) is 19.0. The normalized spacial score (nSPS) is 14.3. The van der Waals surface area contributed by atoms with E-state index in [1.54, 1.807) is 6.20 Å². The summed E-state index contributed by atoms with van der Waals surface area (Å²) in [6, 6.07) is 19.4. The number of piperidine rings is 1. The number of nitrogen functional groups attached to an aromatic ring is 1. The summed E-state index contributed by atoms with van der Waals surface area (Å²) in [5.74, 6) is 1.86. The Morgan fingerprint density at radius 2 is 1.69 bits per heavy atom. The van der Waals surface area contributed by atoms with Crippen molar-refractivity contribution < 1.29 is 4.74 Å². The van der Waals surface area contributed by atoms with Gasteiger partial charge in [0, 0.05) is 23.5 Å². The van der Waals surface area contributed by atoms with Crippen molar-refractivity contribution >= 4 is 17.2 Å². The third kappa shape index (κ3) is 4.55. The van der Waals surface area contributed by atoms with Crippen LogP contribution in [-0.2, 0) is 0 Å². The number of para-hydroxylation sites is 1. The SMILES string of the molecule is N=C(c1ccc(Oc2ccccc2)cc1)c1c(NC2CCNCC2)ccnc1N. The zero-order chi connectivity index (χ0) is 20.1. The number of nitrogens with zero attached hydrogens (tertiary/aromatic N) is 1. The molecule has 5 N–H and O–H groups in total. The van der Waals surface area contributed by atoms with Crippen molar-refractivity contribution in [2.75, 3.05) is 24.1 Å². The second kappa shape index (κ2) is 8.75. The van der Waals surface area contributed by atoms with E-state index in [1.807, 2.05) is 60.7 Å². The van der Waals surface area contributed by atoms with Gasteiger partial charge in [0.2, 0.25) is 0 Å². The summed E-state index contributed by atoms with van der Waals surface area (Å²) in [5, 5.41) is 15.7. The smallest absolute Gasteiger partial charge is 0.134 e. The van der Waals surface area contributed by atoms with Crippen LogP contribution >= 0.6 is 0 Å². The maximum absolute atomic E-state index is 8.75. The third-order valence-corrected chi connectivity index (χ3v) is 5.05. The highest BCUT2D eigenvalue weighted by molar-refractivity contribution is 6.16. The molecule has 148 valence electrons. The van der Waals surface area contributed by atoms with Crippen molar-refractivity contribution in [3.63, 3.8) is 0 Å². The molecular formula is C23H25N5O. The zero-order valence-corrected chi connectivity index (χ0v) is 16.2. The summed E-state index contributed by atoms with van der Waals surface area (Å²) in [6.45, 7) is 1.99. The maximum atomic E-state index is 8.75. The minimum Gasteiger partial charge on any atom is -0.457 e. The monoisotopic (exact) mass is 387 g/mol. The van der Waals surface area contributed by atoms with Crippen molar-refractivity contribution in [2.45, 2.75) is 18.9 Å². The van der Waals surface area contributed by atoms with Crippen molar-refractivity contribution in [2.24, 2.45) is 0 Å². The maximum Gasteiger partial charge on any atom is 0.134 e.